The van der Waals surface area contributed by atoms with Gasteiger partial charge in [-0.1, -0.05) is 13.8 Å². The lowest BCUT2D eigenvalue weighted by Crippen LogP contribution is -2.48. The monoisotopic (exact) mass is 268 g/mol. The van der Waals surface area contributed by atoms with E-state index >= 15 is 0 Å². The molecule has 1 fully saturated rings. The molecule has 0 aromatic carbocycles. The van der Waals surface area contributed by atoms with Crippen LogP contribution in [0.5, 0.6) is 0 Å². The number of hydrogen-bond acceptors (Lipinski definition) is 4. The van der Waals surface area contributed by atoms with Gasteiger partial charge in [0, 0.05) is 19.1 Å². The Morgan fingerprint density at radius 1 is 1.61 bits per heavy atom. The minimum absolute atomic E-state index is 0.151. The van der Waals surface area contributed by atoms with Crippen LogP contribution < -0.4 is 5.73 Å². The number of aliphatic hydroxyl groups is 1. The summed E-state index contributed by atoms with van der Waals surface area (Å²) in [5, 5.41) is 14.2. The average molecular weight is 268 g/mol. The molecule has 4 unspecified atom stereocenters. The molecule has 3 N–H and O–H groups in total. The lowest BCUT2D eigenvalue weighted by atomic mass is 9.91. The molecule has 18 heavy (non-hydrogen) atoms. The Balaban J connectivity index is 2.14. The highest BCUT2D eigenvalue weighted by Gasteiger charge is 2.32. The van der Waals surface area contributed by atoms with Crippen LogP contribution >= 0.6 is 11.3 Å². The fourth-order valence-corrected chi connectivity index (χ4v) is 3.50. The second-order valence-corrected chi connectivity index (χ2v) is 6.18. The van der Waals surface area contributed by atoms with Gasteiger partial charge in [-0.25, -0.2) is 0 Å². The molecule has 0 saturated carbocycles. The van der Waals surface area contributed by atoms with Crippen LogP contribution in [-0.2, 0) is 0 Å². The van der Waals surface area contributed by atoms with Crippen molar-refractivity contribution < 1.29 is 5.11 Å². The smallest absolute Gasteiger partial charge is 0.0590 e. The molecule has 0 aliphatic carbocycles. The Morgan fingerprint density at radius 2 is 2.39 bits per heavy atom. The van der Waals surface area contributed by atoms with Gasteiger partial charge >= 0.3 is 0 Å². The van der Waals surface area contributed by atoms with E-state index in [0.717, 1.165) is 25.9 Å². The van der Waals surface area contributed by atoms with Gasteiger partial charge < -0.3 is 10.8 Å². The third-order valence-corrected chi connectivity index (χ3v) is 4.75. The Kier molecular flexibility index (Phi) is 4.78. The molecule has 102 valence electrons. The number of aliphatic hydroxyl groups excluding tert-OH is 1. The van der Waals surface area contributed by atoms with Crippen LogP contribution in [0.3, 0.4) is 0 Å². The number of nitrogens with two attached hydrogens (primary N) is 1. The van der Waals surface area contributed by atoms with Crippen molar-refractivity contribution in [3.8, 4) is 0 Å². The Hall–Kier alpha value is -0.420. The summed E-state index contributed by atoms with van der Waals surface area (Å²) >= 11 is 1.73. The fourth-order valence-electron chi connectivity index (χ4n) is 2.81. The summed E-state index contributed by atoms with van der Waals surface area (Å²) in [6.45, 7) is 6.15. The van der Waals surface area contributed by atoms with Gasteiger partial charge in [-0.3, -0.25) is 4.90 Å². The van der Waals surface area contributed by atoms with Crippen LogP contribution in [0, 0.1) is 5.92 Å². The normalized spacial score (nSPS) is 29.1. The van der Waals surface area contributed by atoms with Gasteiger partial charge in [0.2, 0.25) is 0 Å². The first-order valence-electron chi connectivity index (χ1n) is 6.83. The molecule has 1 aliphatic heterocycles. The number of piperidine rings is 1. The van der Waals surface area contributed by atoms with Gasteiger partial charge in [0.15, 0.2) is 0 Å². The predicted molar refractivity (Wildman–Crippen MR) is 76.7 cm³/mol. The number of rotatable bonds is 4. The SMILES string of the molecule is CCC(N)C(c1ccsc1)N1CCC(O)C(C)C1. The maximum Gasteiger partial charge on any atom is 0.0590 e. The zero-order chi connectivity index (χ0) is 13.1. The van der Waals surface area contributed by atoms with Crippen LogP contribution in [0.25, 0.3) is 0 Å². The molecule has 1 aliphatic rings. The average Bonchev–Trinajstić information content (AvgIpc) is 2.87. The molecule has 3 nitrogen and oxygen atoms in total. The minimum atomic E-state index is -0.151. The zero-order valence-electron chi connectivity index (χ0n) is 11.2. The van der Waals surface area contributed by atoms with Crippen molar-refractivity contribution in [2.24, 2.45) is 11.7 Å². The van der Waals surface area contributed by atoms with Crippen molar-refractivity contribution in [2.75, 3.05) is 13.1 Å². The molecule has 4 heteroatoms. The van der Waals surface area contributed by atoms with E-state index in [0.29, 0.717) is 12.0 Å². The van der Waals surface area contributed by atoms with Crippen molar-refractivity contribution in [2.45, 2.75) is 44.9 Å². The van der Waals surface area contributed by atoms with E-state index in [1.165, 1.54) is 5.56 Å². The van der Waals surface area contributed by atoms with Gasteiger partial charge in [0.25, 0.3) is 0 Å². The molecule has 4 atom stereocenters. The van der Waals surface area contributed by atoms with E-state index in [-0.39, 0.29) is 12.1 Å². The highest BCUT2D eigenvalue weighted by atomic mass is 32.1. The second-order valence-electron chi connectivity index (χ2n) is 5.40. The molecule has 0 radical (unpaired) electrons. The van der Waals surface area contributed by atoms with Gasteiger partial charge in [0.05, 0.1) is 12.1 Å². The van der Waals surface area contributed by atoms with Crippen LogP contribution in [0.15, 0.2) is 16.8 Å². The molecule has 2 heterocycles. The van der Waals surface area contributed by atoms with Crippen molar-refractivity contribution in [3.63, 3.8) is 0 Å². The van der Waals surface area contributed by atoms with Gasteiger partial charge in [-0.05, 0) is 41.1 Å². The van der Waals surface area contributed by atoms with Crippen molar-refractivity contribution in [1.29, 1.82) is 0 Å². The highest BCUT2D eigenvalue weighted by molar-refractivity contribution is 7.07. The first-order chi connectivity index (χ1) is 8.63. The van der Waals surface area contributed by atoms with E-state index in [9.17, 15) is 5.11 Å². The maximum absolute atomic E-state index is 9.85. The lowest BCUT2D eigenvalue weighted by Gasteiger charge is -2.41. The van der Waals surface area contributed by atoms with Crippen LogP contribution in [0.1, 0.15) is 38.3 Å². The zero-order valence-corrected chi connectivity index (χ0v) is 12.1. The van der Waals surface area contributed by atoms with E-state index in [1.54, 1.807) is 11.3 Å². The molecule has 0 bridgehead atoms. The van der Waals surface area contributed by atoms with Crippen molar-refractivity contribution in [3.05, 3.63) is 22.4 Å². The van der Waals surface area contributed by atoms with E-state index < -0.39 is 0 Å². The molecular formula is C14H24N2OS. The molecule has 1 aromatic rings. The van der Waals surface area contributed by atoms with Crippen LogP contribution in [0.2, 0.25) is 0 Å². The van der Waals surface area contributed by atoms with Crippen LogP contribution in [0.4, 0.5) is 0 Å². The summed E-state index contributed by atoms with van der Waals surface area (Å²) < 4.78 is 0. The van der Waals surface area contributed by atoms with E-state index in [4.69, 9.17) is 5.73 Å². The molecular weight excluding hydrogens is 244 g/mol. The Bertz CT molecular complexity index is 355. The fraction of sp³-hybridized carbons (Fsp3) is 0.714. The topological polar surface area (TPSA) is 49.5 Å². The number of thiophene rings is 1. The quantitative estimate of drug-likeness (QED) is 0.880. The first kappa shape index (κ1) is 14.0. The number of likely N-dealkylation sites (tertiary alicyclic amines) is 1. The van der Waals surface area contributed by atoms with Gasteiger partial charge in [-0.15, -0.1) is 0 Å². The van der Waals surface area contributed by atoms with Gasteiger partial charge in [0.1, 0.15) is 0 Å². The third kappa shape index (κ3) is 2.94. The Morgan fingerprint density at radius 3 is 2.94 bits per heavy atom. The van der Waals surface area contributed by atoms with E-state index in [1.807, 2.05) is 0 Å². The highest BCUT2D eigenvalue weighted by Crippen LogP contribution is 2.31. The summed E-state index contributed by atoms with van der Waals surface area (Å²) in [5.74, 6) is 0.337. The number of nitrogens with zero attached hydrogens (tertiary/aromatic N) is 1. The minimum Gasteiger partial charge on any atom is -0.393 e. The third-order valence-electron chi connectivity index (χ3n) is 4.05. The second kappa shape index (κ2) is 6.15. The molecule has 0 amide bonds. The van der Waals surface area contributed by atoms with Crippen LogP contribution in [-0.4, -0.2) is 35.2 Å². The first-order valence-corrected chi connectivity index (χ1v) is 7.77. The molecule has 1 aromatic heterocycles. The molecule has 2 rings (SSSR count). The predicted octanol–water partition coefficient (Wildman–Crippen LogP) is 2.23. The largest absolute Gasteiger partial charge is 0.393 e. The summed E-state index contributed by atoms with van der Waals surface area (Å²) in [7, 11) is 0. The van der Waals surface area contributed by atoms with Crippen molar-refractivity contribution >= 4 is 11.3 Å². The van der Waals surface area contributed by atoms with Crippen molar-refractivity contribution in [1.82, 2.24) is 4.90 Å². The Labute approximate surface area is 114 Å². The lowest BCUT2D eigenvalue weighted by molar-refractivity contribution is 0.0113. The number of hydrogen-bond donors (Lipinski definition) is 2. The molecule has 1 saturated heterocycles. The maximum atomic E-state index is 9.85. The standard InChI is InChI=1S/C14H24N2OS/c1-3-12(15)14(11-5-7-18-9-11)16-6-4-13(17)10(2)8-16/h5,7,9-10,12-14,17H,3-4,6,8,15H2,1-2H3. The summed E-state index contributed by atoms with van der Waals surface area (Å²) in [6.07, 6.45) is 1.69. The summed E-state index contributed by atoms with van der Waals surface area (Å²) in [5.41, 5.74) is 7.65. The van der Waals surface area contributed by atoms with E-state index in [2.05, 4.69) is 35.6 Å². The molecule has 0 spiro atoms. The summed E-state index contributed by atoms with van der Waals surface area (Å²) in [4.78, 5) is 2.45. The summed E-state index contributed by atoms with van der Waals surface area (Å²) in [6, 6.07) is 2.65. The van der Waals surface area contributed by atoms with Gasteiger partial charge in [-0.2, -0.15) is 11.3 Å².